The molecule has 186 valence electrons. The van der Waals surface area contributed by atoms with Crippen LogP contribution in [0.1, 0.15) is 31.4 Å². The average molecular weight is 500 g/mol. The minimum atomic E-state index is -0.150. The Morgan fingerprint density at radius 3 is 2.36 bits per heavy atom. The topological polar surface area (TPSA) is 52.7 Å². The molecule has 1 N–H and O–H groups in total. The van der Waals surface area contributed by atoms with Gasteiger partial charge < -0.3 is 5.32 Å². The normalized spacial score (nSPS) is 14.4. The number of thioether (sulfide) groups is 1. The fourth-order valence-electron chi connectivity index (χ4n) is 4.17. The number of fused-ring (bicyclic) bond motifs is 1. The number of carbonyl (C=O) groups is 2. The van der Waals surface area contributed by atoms with E-state index in [0.29, 0.717) is 17.5 Å². The number of amides is 2. The Labute approximate surface area is 218 Å². The molecule has 5 nitrogen and oxygen atoms in total. The second-order valence-electron chi connectivity index (χ2n) is 9.13. The van der Waals surface area contributed by atoms with Gasteiger partial charge in [0.25, 0.3) is 5.91 Å². The molecular weight excluding hydrogens is 466 g/mol. The molecule has 0 spiro atoms. The number of benzene rings is 3. The van der Waals surface area contributed by atoms with Crippen molar-refractivity contribution in [3.8, 4) is 0 Å². The van der Waals surface area contributed by atoms with Crippen molar-refractivity contribution in [2.45, 2.75) is 37.8 Å². The fourth-order valence-corrected chi connectivity index (χ4v) is 5.23. The lowest BCUT2D eigenvalue weighted by atomic mass is 10.2. The highest BCUT2D eigenvalue weighted by Crippen LogP contribution is 2.41. The average Bonchev–Trinajstić information content (AvgIpc) is 2.89. The molecule has 6 heteroatoms. The second kappa shape index (κ2) is 12.6. The molecule has 0 atom stereocenters. The van der Waals surface area contributed by atoms with Gasteiger partial charge in [-0.2, -0.15) is 0 Å². The van der Waals surface area contributed by atoms with Crippen LogP contribution in [0.2, 0.25) is 0 Å². The van der Waals surface area contributed by atoms with Crippen LogP contribution >= 0.6 is 11.8 Å². The van der Waals surface area contributed by atoms with Crippen molar-refractivity contribution in [2.24, 2.45) is 0 Å². The van der Waals surface area contributed by atoms with E-state index in [0.717, 1.165) is 35.7 Å². The van der Waals surface area contributed by atoms with E-state index in [1.807, 2.05) is 66.7 Å². The predicted octanol–water partition coefficient (Wildman–Crippen LogP) is 5.58. The Bertz CT molecular complexity index is 1200. The molecule has 0 saturated heterocycles. The van der Waals surface area contributed by atoms with Crippen LogP contribution in [0.5, 0.6) is 0 Å². The minimum Gasteiger partial charge on any atom is -0.355 e. The van der Waals surface area contributed by atoms with Gasteiger partial charge in [-0.25, -0.2) is 0 Å². The predicted molar refractivity (Wildman–Crippen MR) is 149 cm³/mol. The monoisotopic (exact) mass is 499 g/mol. The van der Waals surface area contributed by atoms with Crippen molar-refractivity contribution in [3.05, 3.63) is 101 Å². The Hall–Kier alpha value is -3.35. The number of nitrogens with zero attached hydrogens (tertiary/aromatic N) is 2. The van der Waals surface area contributed by atoms with Crippen molar-refractivity contribution < 1.29 is 9.59 Å². The van der Waals surface area contributed by atoms with E-state index in [2.05, 4.69) is 48.3 Å². The van der Waals surface area contributed by atoms with Crippen molar-refractivity contribution in [1.82, 2.24) is 10.2 Å². The van der Waals surface area contributed by atoms with E-state index in [1.54, 1.807) is 4.90 Å². The Kier molecular flexibility index (Phi) is 8.98. The van der Waals surface area contributed by atoms with Gasteiger partial charge in [-0.15, -0.1) is 0 Å². The molecule has 4 rings (SSSR count). The summed E-state index contributed by atoms with van der Waals surface area (Å²) < 4.78 is 0. The lowest BCUT2D eigenvalue weighted by molar-refractivity contribution is -0.122. The van der Waals surface area contributed by atoms with E-state index >= 15 is 0 Å². The van der Waals surface area contributed by atoms with Crippen LogP contribution in [-0.4, -0.2) is 42.4 Å². The highest BCUT2D eigenvalue weighted by molar-refractivity contribution is 8.04. The number of hydrogen-bond acceptors (Lipinski definition) is 4. The number of hydrogen-bond donors (Lipinski definition) is 1. The van der Waals surface area contributed by atoms with Crippen molar-refractivity contribution in [1.29, 1.82) is 0 Å². The maximum absolute atomic E-state index is 13.3. The zero-order valence-corrected chi connectivity index (χ0v) is 21.7. The molecule has 0 fully saturated rings. The van der Waals surface area contributed by atoms with Gasteiger partial charge in [-0.05, 0) is 49.6 Å². The molecule has 3 aromatic carbocycles. The Morgan fingerprint density at radius 2 is 1.64 bits per heavy atom. The van der Waals surface area contributed by atoms with Crippen LogP contribution in [0.3, 0.4) is 0 Å². The summed E-state index contributed by atoms with van der Waals surface area (Å²) in [5.41, 5.74) is 3.03. The first-order valence-corrected chi connectivity index (χ1v) is 13.2. The van der Waals surface area contributed by atoms with Crippen LogP contribution in [-0.2, 0) is 16.1 Å². The molecule has 2 amide bonds. The smallest absolute Gasteiger partial charge is 0.265 e. The molecule has 0 aromatic heterocycles. The van der Waals surface area contributed by atoms with E-state index in [1.165, 1.54) is 17.3 Å². The first-order valence-electron chi connectivity index (χ1n) is 12.4. The molecule has 36 heavy (non-hydrogen) atoms. The van der Waals surface area contributed by atoms with Crippen molar-refractivity contribution >= 4 is 35.3 Å². The molecule has 0 radical (unpaired) electrons. The summed E-state index contributed by atoms with van der Waals surface area (Å²) in [6.07, 6.45) is 2.73. The van der Waals surface area contributed by atoms with Crippen LogP contribution in [0.15, 0.2) is 94.7 Å². The molecule has 1 heterocycles. The standard InChI is InChI=1S/C30H33N3O2S/c1-23(2)32(21-25-14-7-4-8-15-25)19-11-18-31-29(34)22-33-26-16-9-10-17-27(26)36-28(30(33)35)20-24-12-5-3-6-13-24/h3-10,12-17,20,23H,11,18-19,21-22H2,1-2H3,(H,31,34). The largest absolute Gasteiger partial charge is 0.355 e. The third kappa shape index (κ3) is 6.86. The molecule has 1 aliphatic rings. The van der Waals surface area contributed by atoms with Gasteiger partial charge >= 0.3 is 0 Å². The van der Waals surface area contributed by atoms with E-state index in [9.17, 15) is 9.59 Å². The molecule has 0 bridgehead atoms. The first kappa shape index (κ1) is 25.7. The third-order valence-corrected chi connectivity index (χ3v) is 7.21. The van der Waals surface area contributed by atoms with E-state index < -0.39 is 0 Å². The molecule has 3 aromatic rings. The molecular formula is C30H33N3O2S. The number of anilines is 1. The maximum Gasteiger partial charge on any atom is 0.265 e. The van der Waals surface area contributed by atoms with Gasteiger partial charge in [0.15, 0.2) is 0 Å². The van der Waals surface area contributed by atoms with Gasteiger partial charge in [-0.3, -0.25) is 19.4 Å². The van der Waals surface area contributed by atoms with Gasteiger partial charge in [0, 0.05) is 30.6 Å². The van der Waals surface area contributed by atoms with Crippen molar-refractivity contribution in [2.75, 3.05) is 24.5 Å². The van der Waals surface area contributed by atoms with Crippen LogP contribution in [0.4, 0.5) is 5.69 Å². The SMILES string of the molecule is CC(C)N(CCCNC(=O)CN1C(=O)C(=Cc2ccccc2)Sc2ccccc21)Cc1ccccc1. The van der Waals surface area contributed by atoms with Gasteiger partial charge in [0.2, 0.25) is 5.91 Å². The summed E-state index contributed by atoms with van der Waals surface area (Å²) in [6.45, 7) is 6.74. The van der Waals surface area contributed by atoms with Gasteiger partial charge in [-0.1, -0.05) is 84.6 Å². The Balaban J connectivity index is 1.35. The molecule has 0 saturated carbocycles. The van der Waals surface area contributed by atoms with Crippen LogP contribution < -0.4 is 10.2 Å². The maximum atomic E-state index is 13.3. The lowest BCUT2D eigenvalue weighted by Crippen LogP contribution is -2.43. The van der Waals surface area contributed by atoms with Gasteiger partial charge in [0.1, 0.15) is 6.54 Å². The molecule has 0 aliphatic carbocycles. The zero-order chi connectivity index (χ0) is 25.3. The lowest BCUT2D eigenvalue weighted by Gasteiger charge is -2.30. The summed E-state index contributed by atoms with van der Waals surface area (Å²) in [4.78, 5) is 31.8. The summed E-state index contributed by atoms with van der Waals surface area (Å²) >= 11 is 1.45. The minimum absolute atomic E-state index is 0.000443. The van der Waals surface area contributed by atoms with Crippen molar-refractivity contribution in [3.63, 3.8) is 0 Å². The second-order valence-corrected chi connectivity index (χ2v) is 10.2. The Morgan fingerprint density at radius 1 is 0.972 bits per heavy atom. The molecule has 0 unspecified atom stereocenters. The quantitative estimate of drug-likeness (QED) is 0.292. The summed E-state index contributed by atoms with van der Waals surface area (Å²) in [5, 5.41) is 3.02. The number of para-hydroxylation sites is 1. The summed E-state index contributed by atoms with van der Waals surface area (Å²) in [5.74, 6) is -0.296. The molecule has 1 aliphatic heterocycles. The summed E-state index contributed by atoms with van der Waals surface area (Å²) in [6, 6.07) is 28.4. The number of nitrogens with one attached hydrogen (secondary N) is 1. The number of rotatable bonds is 10. The third-order valence-electron chi connectivity index (χ3n) is 6.13. The highest BCUT2D eigenvalue weighted by Gasteiger charge is 2.30. The van der Waals surface area contributed by atoms with Crippen LogP contribution in [0, 0.1) is 0 Å². The van der Waals surface area contributed by atoms with Crippen LogP contribution in [0.25, 0.3) is 6.08 Å². The highest BCUT2D eigenvalue weighted by atomic mass is 32.2. The fraction of sp³-hybridized carbons (Fsp3) is 0.267. The number of carbonyl (C=O) groups excluding carboxylic acids is 2. The van der Waals surface area contributed by atoms with E-state index in [-0.39, 0.29) is 18.4 Å². The van der Waals surface area contributed by atoms with Gasteiger partial charge in [0.05, 0.1) is 10.6 Å². The first-order chi connectivity index (χ1) is 17.5. The zero-order valence-electron chi connectivity index (χ0n) is 20.9. The summed E-state index contributed by atoms with van der Waals surface area (Å²) in [7, 11) is 0. The van der Waals surface area contributed by atoms with E-state index in [4.69, 9.17) is 0 Å².